The van der Waals surface area contributed by atoms with E-state index in [1.54, 1.807) is 28.8 Å². The normalized spacial score (nSPS) is 15.8. The smallest absolute Gasteiger partial charge is 0.425 e. The molecule has 1 saturated heterocycles. The van der Waals surface area contributed by atoms with Crippen LogP contribution in [0.2, 0.25) is 5.02 Å². The molecule has 238 valence electrons. The second-order valence-electron chi connectivity index (χ2n) is 9.83. The highest BCUT2D eigenvalue weighted by atomic mass is 79.9. The number of nitrogens with one attached hydrogen (secondary N) is 2. The molecule has 15 heteroatoms. The van der Waals surface area contributed by atoms with Crippen LogP contribution in [0.15, 0.2) is 53.1 Å². The van der Waals surface area contributed by atoms with Gasteiger partial charge in [-0.25, -0.2) is 0 Å². The van der Waals surface area contributed by atoms with Crippen LogP contribution in [0.5, 0.6) is 17.5 Å². The summed E-state index contributed by atoms with van der Waals surface area (Å²) < 4.78 is 62.1. The van der Waals surface area contributed by atoms with Crippen LogP contribution in [0.25, 0.3) is 0 Å². The summed E-state index contributed by atoms with van der Waals surface area (Å²) in [6, 6.07) is 11.4. The van der Waals surface area contributed by atoms with Gasteiger partial charge in [-0.1, -0.05) is 29.8 Å². The maximum absolute atomic E-state index is 12.9. The van der Waals surface area contributed by atoms with Crippen LogP contribution < -0.4 is 20.1 Å². The number of hydrogen-bond acceptors (Lipinski definition) is 7. The molecular formula is C29H31BrClF3N4O6. The predicted molar refractivity (Wildman–Crippen MR) is 157 cm³/mol. The number of amides is 2. The van der Waals surface area contributed by atoms with Gasteiger partial charge in [-0.15, -0.1) is 13.2 Å². The fraction of sp³-hybridized carbons (Fsp3) is 0.414. The Morgan fingerprint density at radius 2 is 1.91 bits per heavy atom. The van der Waals surface area contributed by atoms with Gasteiger partial charge in [-0.05, 0) is 71.4 Å². The molecule has 2 N–H and O–H groups in total. The van der Waals surface area contributed by atoms with Crippen molar-refractivity contribution in [1.29, 1.82) is 0 Å². The first kappa shape index (κ1) is 33.6. The number of halogens is 5. The van der Waals surface area contributed by atoms with Crippen molar-refractivity contribution in [3.63, 3.8) is 0 Å². The maximum Gasteiger partial charge on any atom is 0.573 e. The van der Waals surface area contributed by atoms with Gasteiger partial charge >= 0.3 is 12.4 Å². The number of imidazole rings is 1. The Hall–Kier alpha value is -3.33. The van der Waals surface area contributed by atoms with Crippen molar-refractivity contribution >= 4 is 39.3 Å². The lowest BCUT2D eigenvalue weighted by Crippen LogP contribution is -2.35. The highest BCUT2D eigenvalue weighted by molar-refractivity contribution is 9.10. The largest absolute Gasteiger partial charge is 0.573 e. The van der Waals surface area contributed by atoms with E-state index in [2.05, 4.69) is 36.3 Å². The zero-order chi connectivity index (χ0) is 31.7. The van der Waals surface area contributed by atoms with Crippen molar-refractivity contribution in [3.05, 3.63) is 69.4 Å². The van der Waals surface area contributed by atoms with Gasteiger partial charge in [0, 0.05) is 24.7 Å². The number of hydrogen-bond donors (Lipinski definition) is 2. The van der Waals surface area contributed by atoms with Crippen molar-refractivity contribution in [2.24, 2.45) is 0 Å². The average molecular weight is 704 g/mol. The average Bonchev–Trinajstić information content (AvgIpc) is 3.27. The number of carbonyl (C=O) groups excluding carboxylic acids is 2. The summed E-state index contributed by atoms with van der Waals surface area (Å²) >= 11 is 9.57. The Morgan fingerprint density at radius 1 is 1.16 bits per heavy atom. The third-order valence-corrected chi connectivity index (χ3v) is 7.38. The maximum atomic E-state index is 12.9. The Morgan fingerprint density at radius 3 is 2.59 bits per heavy atom. The SMILES string of the molecule is CNC(=O)CC(=O)NC(CCOC1CCCCO1)c1c(Br)nc(Oc2cccc(OC(F)(F)F)c2)n1Cc1ccc(Cl)cc1. The fourth-order valence-electron chi connectivity index (χ4n) is 4.51. The van der Waals surface area contributed by atoms with Gasteiger partial charge in [0.15, 0.2) is 6.29 Å². The second kappa shape index (κ2) is 15.6. The molecule has 2 aromatic carbocycles. The predicted octanol–water partition coefficient (Wildman–Crippen LogP) is 6.26. The first-order valence-electron chi connectivity index (χ1n) is 13.8. The first-order valence-corrected chi connectivity index (χ1v) is 14.9. The van der Waals surface area contributed by atoms with Crippen molar-refractivity contribution in [1.82, 2.24) is 20.2 Å². The van der Waals surface area contributed by atoms with Crippen LogP contribution in [-0.4, -0.2) is 54.3 Å². The van der Waals surface area contributed by atoms with Gasteiger partial charge < -0.3 is 29.6 Å². The zero-order valence-electron chi connectivity index (χ0n) is 23.7. The minimum absolute atomic E-state index is 0.0214. The molecule has 2 atom stereocenters. The summed E-state index contributed by atoms with van der Waals surface area (Å²) in [5, 5.41) is 5.85. The third-order valence-electron chi connectivity index (χ3n) is 6.54. The van der Waals surface area contributed by atoms with E-state index in [1.807, 2.05) is 0 Å². The molecule has 0 spiro atoms. The van der Waals surface area contributed by atoms with Crippen LogP contribution in [0.4, 0.5) is 13.2 Å². The Labute approximate surface area is 265 Å². The minimum Gasteiger partial charge on any atom is -0.425 e. The minimum atomic E-state index is -4.88. The molecule has 1 aliphatic rings. The fourth-order valence-corrected chi connectivity index (χ4v) is 5.28. The number of benzene rings is 2. The van der Waals surface area contributed by atoms with Crippen molar-refractivity contribution in [2.75, 3.05) is 20.3 Å². The number of nitrogens with zero attached hydrogens (tertiary/aromatic N) is 2. The Kier molecular flexibility index (Phi) is 11.9. The standard InChI is InChI=1S/C29H31BrClF3N4O6/c1-35-23(39)16-24(40)36-22(12-14-42-25-7-2-3-13-41-25)26-27(30)37-28(38(26)17-18-8-10-19(31)11-9-18)43-20-5-4-6-21(15-20)44-29(32,33)34/h4-6,8-11,15,22,25H,2-3,7,12-14,16-17H2,1H3,(H,35,39)(H,36,40). The quantitative estimate of drug-likeness (QED) is 0.202. The molecule has 2 amide bonds. The monoisotopic (exact) mass is 702 g/mol. The van der Waals surface area contributed by atoms with Gasteiger partial charge in [0.05, 0.1) is 24.9 Å². The van der Waals surface area contributed by atoms with Gasteiger partial charge in [-0.2, -0.15) is 4.98 Å². The topological polar surface area (TPSA) is 113 Å². The van der Waals surface area contributed by atoms with E-state index in [0.29, 0.717) is 21.9 Å². The molecular weight excluding hydrogens is 673 g/mol. The van der Waals surface area contributed by atoms with E-state index < -0.39 is 36.4 Å². The lowest BCUT2D eigenvalue weighted by molar-refractivity contribution is -0.274. The molecule has 0 saturated carbocycles. The van der Waals surface area contributed by atoms with Crippen LogP contribution in [-0.2, 0) is 25.6 Å². The molecule has 2 unspecified atom stereocenters. The molecule has 3 aromatic rings. The molecule has 0 radical (unpaired) electrons. The number of aromatic nitrogens is 2. The molecule has 0 bridgehead atoms. The number of ether oxygens (including phenoxy) is 4. The molecule has 1 fully saturated rings. The summed E-state index contributed by atoms with van der Waals surface area (Å²) in [4.78, 5) is 29.3. The molecule has 1 aliphatic heterocycles. The third kappa shape index (κ3) is 10.1. The molecule has 2 heterocycles. The molecule has 44 heavy (non-hydrogen) atoms. The molecule has 0 aliphatic carbocycles. The first-order chi connectivity index (χ1) is 21.0. The number of rotatable bonds is 13. The van der Waals surface area contributed by atoms with E-state index in [4.69, 9.17) is 25.8 Å². The van der Waals surface area contributed by atoms with E-state index >= 15 is 0 Å². The van der Waals surface area contributed by atoms with Gasteiger partial charge in [-0.3, -0.25) is 14.2 Å². The van der Waals surface area contributed by atoms with E-state index in [-0.39, 0.29) is 37.6 Å². The lowest BCUT2D eigenvalue weighted by atomic mass is 10.1. The number of carbonyl (C=O) groups is 2. The molecule has 4 rings (SSSR count). The van der Waals surface area contributed by atoms with Crippen LogP contribution in [0.1, 0.15) is 49.4 Å². The lowest BCUT2D eigenvalue weighted by Gasteiger charge is -2.25. The van der Waals surface area contributed by atoms with Crippen molar-refractivity contribution < 1.29 is 41.7 Å². The van der Waals surface area contributed by atoms with Gasteiger partial charge in [0.25, 0.3) is 0 Å². The summed E-state index contributed by atoms with van der Waals surface area (Å²) in [5.74, 6) is -1.43. The summed E-state index contributed by atoms with van der Waals surface area (Å²) in [7, 11) is 1.43. The van der Waals surface area contributed by atoms with Crippen LogP contribution in [0.3, 0.4) is 0 Å². The highest BCUT2D eigenvalue weighted by Crippen LogP contribution is 2.35. The summed E-state index contributed by atoms with van der Waals surface area (Å²) in [6.45, 7) is 1.00. The summed E-state index contributed by atoms with van der Waals surface area (Å²) in [5.41, 5.74) is 1.28. The van der Waals surface area contributed by atoms with Gasteiger partial charge in [0.1, 0.15) is 22.5 Å². The van der Waals surface area contributed by atoms with E-state index in [0.717, 1.165) is 37.0 Å². The van der Waals surface area contributed by atoms with Gasteiger partial charge in [0.2, 0.25) is 11.8 Å². The Bertz CT molecular complexity index is 1420. The van der Waals surface area contributed by atoms with E-state index in [1.165, 1.54) is 19.2 Å². The number of alkyl halides is 3. The zero-order valence-corrected chi connectivity index (χ0v) is 26.0. The summed E-state index contributed by atoms with van der Waals surface area (Å²) in [6.07, 6.45) is -2.68. The van der Waals surface area contributed by atoms with Crippen molar-refractivity contribution in [2.45, 2.75) is 57.3 Å². The highest BCUT2D eigenvalue weighted by Gasteiger charge is 2.32. The van der Waals surface area contributed by atoms with E-state index in [9.17, 15) is 22.8 Å². The molecule has 10 nitrogen and oxygen atoms in total. The van der Waals surface area contributed by atoms with Crippen LogP contribution in [0, 0.1) is 0 Å². The second-order valence-corrected chi connectivity index (χ2v) is 11.0. The van der Waals surface area contributed by atoms with Crippen LogP contribution >= 0.6 is 27.5 Å². The van der Waals surface area contributed by atoms with Crippen molar-refractivity contribution in [3.8, 4) is 17.5 Å². The Balaban J connectivity index is 1.68. The molecule has 1 aromatic heterocycles.